The zero-order chi connectivity index (χ0) is 10.9. The largest absolute Gasteiger partial charge is 0.433 e. The van der Waals surface area contributed by atoms with Gasteiger partial charge in [0.05, 0.1) is 11.3 Å². The van der Waals surface area contributed by atoms with E-state index in [1.807, 2.05) is 0 Å². The van der Waals surface area contributed by atoms with Gasteiger partial charge in [0, 0.05) is 0 Å². The van der Waals surface area contributed by atoms with Crippen LogP contribution in [0.2, 0.25) is 0 Å². The Labute approximate surface area is 76.8 Å². The van der Waals surface area contributed by atoms with Crippen molar-refractivity contribution in [2.24, 2.45) is 0 Å². The van der Waals surface area contributed by atoms with Gasteiger partial charge in [-0.05, 0) is 13.0 Å². The number of nitriles is 1. The van der Waals surface area contributed by atoms with Crippen molar-refractivity contribution in [3.8, 4) is 6.07 Å². The van der Waals surface area contributed by atoms with Crippen molar-refractivity contribution in [2.75, 3.05) is 0 Å². The Morgan fingerprint density at radius 2 is 2.00 bits per heavy atom. The molecule has 2 nitrogen and oxygen atoms in total. The molecule has 0 aliphatic heterocycles. The van der Waals surface area contributed by atoms with Crippen molar-refractivity contribution in [2.45, 2.75) is 13.1 Å². The number of rotatable bonds is 0. The van der Waals surface area contributed by atoms with Crippen LogP contribution in [0.5, 0.6) is 0 Å². The third-order valence-electron chi connectivity index (χ3n) is 1.53. The van der Waals surface area contributed by atoms with Gasteiger partial charge in [-0.25, -0.2) is 9.37 Å². The molecule has 0 saturated carbocycles. The van der Waals surface area contributed by atoms with E-state index in [0.29, 0.717) is 6.07 Å². The average Bonchev–Trinajstić information content (AvgIpc) is 2.07. The Balaban J connectivity index is 3.40. The molecule has 0 aliphatic carbocycles. The minimum Gasteiger partial charge on any atom is -0.245 e. The summed E-state index contributed by atoms with van der Waals surface area (Å²) in [5.41, 5.74) is -2.34. The minimum atomic E-state index is -4.66. The zero-order valence-corrected chi connectivity index (χ0v) is 6.98. The molecule has 0 saturated heterocycles. The number of pyridine rings is 1. The molecule has 0 bridgehead atoms. The monoisotopic (exact) mass is 204 g/mol. The van der Waals surface area contributed by atoms with E-state index in [-0.39, 0.29) is 0 Å². The van der Waals surface area contributed by atoms with Gasteiger partial charge >= 0.3 is 6.18 Å². The Kier molecular flexibility index (Phi) is 2.43. The molecule has 1 aromatic heterocycles. The fraction of sp³-hybridized carbons (Fsp3) is 0.250. The topological polar surface area (TPSA) is 36.7 Å². The van der Waals surface area contributed by atoms with Crippen LogP contribution in [0.1, 0.15) is 17.0 Å². The summed E-state index contributed by atoms with van der Waals surface area (Å²) in [6.45, 7) is 1.07. The number of aromatic nitrogens is 1. The van der Waals surface area contributed by atoms with Gasteiger partial charge in [-0.1, -0.05) is 0 Å². The van der Waals surface area contributed by atoms with Crippen LogP contribution < -0.4 is 0 Å². The second kappa shape index (κ2) is 3.25. The van der Waals surface area contributed by atoms with Gasteiger partial charge in [-0.15, -0.1) is 0 Å². The number of aryl methyl sites for hydroxylation is 1. The SMILES string of the molecule is Cc1nc(C(F)(F)F)cc(C#N)c1F. The summed E-state index contributed by atoms with van der Waals surface area (Å²) in [6, 6.07) is 1.72. The lowest BCUT2D eigenvalue weighted by Crippen LogP contribution is -2.10. The van der Waals surface area contributed by atoms with E-state index in [2.05, 4.69) is 4.98 Å². The highest BCUT2D eigenvalue weighted by Gasteiger charge is 2.33. The molecule has 0 N–H and O–H groups in total. The first-order valence-electron chi connectivity index (χ1n) is 3.50. The molecule has 0 aliphatic rings. The number of hydrogen-bond donors (Lipinski definition) is 0. The smallest absolute Gasteiger partial charge is 0.245 e. The molecule has 0 unspecified atom stereocenters. The average molecular weight is 204 g/mol. The van der Waals surface area contributed by atoms with Crippen LogP contribution in [0.25, 0.3) is 0 Å². The predicted octanol–water partition coefficient (Wildman–Crippen LogP) is 2.42. The summed E-state index contributed by atoms with van der Waals surface area (Å²) in [5.74, 6) is -1.01. The Hall–Kier alpha value is -1.64. The van der Waals surface area contributed by atoms with E-state index in [4.69, 9.17) is 5.26 Å². The van der Waals surface area contributed by atoms with Crippen LogP contribution in [0.3, 0.4) is 0 Å². The maximum atomic E-state index is 12.9. The Morgan fingerprint density at radius 3 is 2.43 bits per heavy atom. The second-order valence-corrected chi connectivity index (χ2v) is 2.56. The van der Waals surface area contributed by atoms with Crippen molar-refractivity contribution >= 4 is 0 Å². The summed E-state index contributed by atoms with van der Waals surface area (Å²) >= 11 is 0. The van der Waals surface area contributed by atoms with Crippen LogP contribution in [0.4, 0.5) is 17.6 Å². The van der Waals surface area contributed by atoms with Crippen LogP contribution >= 0.6 is 0 Å². The first-order valence-corrected chi connectivity index (χ1v) is 3.50. The van der Waals surface area contributed by atoms with Crippen LogP contribution in [-0.2, 0) is 6.18 Å². The Morgan fingerprint density at radius 1 is 1.43 bits per heavy atom. The van der Waals surface area contributed by atoms with Gasteiger partial charge in [0.1, 0.15) is 11.8 Å². The summed E-state index contributed by atoms with van der Waals surface area (Å²) in [6.07, 6.45) is -4.66. The molecule has 74 valence electrons. The van der Waals surface area contributed by atoms with Gasteiger partial charge in [-0.3, -0.25) is 0 Å². The van der Waals surface area contributed by atoms with E-state index in [0.717, 1.165) is 6.92 Å². The molecule has 0 atom stereocenters. The number of nitrogens with zero attached hydrogens (tertiary/aromatic N) is 2. The van der Waals surface area contributed by atoms with Crippen LogP contribution in [-0.4, -0.2) is 4.98 Å². The lowest BCUT2D eigenvalue weighted by atomic mass is 10.2. The predicted molar refractivity (Wildman–Crippen MR) is 38.6 cm³/mol. The molecule has 0 aromatic carbocycles. The number of halogens is 4. The van der Waals surface area contributed by atoms with Crippen molar-refractivity contribution in [3.05, 3.63) is 28.8 Å². The molecular weight excluding hydrogens is 200 g/mol. The van der Waals surface area contributed by atoms with Crippen molar-refractivity contribution < 1.29 is 17.6 Å². The van der Waals surface area contributed by atoms with Gasteiger partial charge < -0.3 is 0 Å². The summed E-state index contributed by atoms with van der Waals surface area (Å²) in [7, 11) is 0. The highest BCUT2D eigenvalue weighted by Crippen LogP contribution is 2.29. The number of alkyl halides is 3. The fourth-order valence-corrected chi connectivity index (χ4v) is 0.884. The van der Waals surface area contributed by atoms with E-state index >= 15 is 0 Å². The standard InChI is InChI=1S/C8H4F4N2/c1-4-7(9)5(3-13)2-6(14-4)8(10,11)12/h2H,1H3. The van der Waals surface area contributed by atoms with E-state index in [1.165, 1.54) is 6.07 Å². The molecule has 0 radical (unpaired) electrons. The van der Waals surface area contributed by atoms with Gasteiger partial charge in [0.2, 0.25) is 0 Å². The maximum absolute atomic E-state index is 12.9. The van der Waals surface area contributed by atoms with Gasteiger partial charge in [0.25, 0.3) is 0 Å². The summed E-state index contributed by atoms with van der Waals surface area (Å²) < 4.78 is 49.3. The van der Waals surface area contributed by atoms with E-state index in [9.17, 15) is 17.6 Å². The highest BCUT2D eigenvalue weighted by atomic mass is 19.4. The summed E-state index contributed by atoms with van der Waals surface area (Å²) in [4.78, 5) is 3.00. The summed E-state index contributed by atoms with van der Waals surface area (Å²) in [5, 5.41) is 8.35. The molecule has 14 heavy (non-hydrogen) atoms. The lowest BCUT2D eigenvalue weighted by Gasteiger charge is -2.07. The Bertz CT molecular complexity index is 403. The number of hydrogen-bond acceptors (Lipinski definition) is 2. The fourth-order valence-electron chi connectivity index (χ4n) is 0.884. The molecule has 0 fully saturated rings. The molecule has 1 aromatic rings. The first-order chi connectivity index (χ1) is 6.36. The third-order valence-corrected chi connectivity index (χ3v) is 1.53. The quantitative estimate of drug-likeness (QED) is 0.608. The normalized spacial score (nSPS) is 11.1. The first kappa shape index (κ1) is 10.4. The van der Waals surface area contributed by atoms with E-state index < -0.39 is 28.9 Å². The molecule has 6 heteroatoms. The molecule has 0 amide bonds. The van der Waals surface area contributed by atoms with E-state index in [1.54, 1.807) is 0 Å². The van der Waals surface area contributed by atoms with Gasteiger partial charge in [-0.2, -0.15) is 18.4 Å². The molecule has 0 spiro atoms. The lowest BCUT2D eigenvalue weighted by molar-refractivity contribution is -0.141. The van der Waals surface area contributed by atoms with Crippen molar-refractivity contribution in [3.63, 3.8) is 0 Å². The maximum Gasteiger partial charge on any atom is 0.433 e. The molecule has 1 rings (SSSR count). The van der Waals surface area contributed by atoms with Crippen molar-refractivity contribution in [1.29, 1.82) is 5.26 Å². The van der Waals surface area contributed by atoms with Gasteiger partial charge in [0.15, 0.2) is 5.82 Å². The second-order valence-electron chi connectivity index (χ2n) is 2.56. The third kappa shape index (κ3) is 1.82. The van der Waals surface area contributed by atoms with Crippen LogP contribution in [0.15, 0.2) is 6.07 Å². The zero-order valence-electron chi connectivity index (χ0n) is 6.98. The van der Waals surface area contributed by atoms with Crippen LogP contribution in [0, 0.1) is 24.1 Å². The molecular formula is C8H4F4N2. The molecule has 1 heterocycles. The minimum absolute atomic E-state index is 0.391. The highest BCUT2D eigenvalue weighted by molar-refractivity contribution is 5.34. The van der Waals surface area contributed by atoms with Crippen molar-refractivity contribution in [1.82, 2.24) is 4.98 Å².